The van der Waals surface area contributed by atoms with Crippen molar-refractivity contribution in [2.75, 3.05) is 13.2 Å². The van der Waals surface area contributed by atoms with Crippen molar-refractivity contribution in [3.05, 3.63) is 29.8 Å². The quantitative estimate of drug-likeness (QED) is 0.643. The summed E-state index contributed by atoms with van der Waals surface area (Å²) in [4.78, 5) is 10.6. The van der Waals surface area contributed by atoms with Crippen molar-refractivity contribution in [2.45, 2.75) is 39.3 Å². The molecule has 21 heavy (non-hydrogen) atoms. The molecule has 1 aromatic carbocycles. The maximum atomic E-state index is 10.6. The topological polar surface area (TPSA) is 84.6 Å². The fourth-order valence-electron chi connectivity index (χ4n) is 2.29. The van der Waals surface area contributed by atoms with Crippen molar-refractivity contribution in [1.29, 1.82) is 0 Å². The van der Waals surface area contributed by atoms with Gasteiger partial charge in [0.2, 0.25) is 0 Å². The summed E-state index contributed by atoms with van der Waals surface area (Å²) in [7, 11) is 0. The number of hydrogen-bond donors (Lipinski definition) is 3. The Hall–Kier alpha value is -1.59. The minimum absolute atomic E-state index is 0.115. The van der Waals surface area contributed by atoms with E-state index in [0.29, 0.717) is 24.8 Å². The Morgan fingerprint density at radius 1 is 1.38 bits per heavy atom. The highest BCUT2D eigenvalue weighted by Gasteiger charge is 2.20. The molecule has 5 nitrogen and oxygen atoms in total. The minimum Gasteiger partial charge on any atom is -0.484 e. The first-order valence-corrected chi connectivity index (χ1v) is 7.21. The molecule has 0 aliphatic rings. The molecule has 1 aromatic rings. The highest BCUT2D eigenvalue weighted by molar-refractivity contribution is 5.75. The fraction of sp³-hybridized carbons (Fsp3) is 0.562. The molecule has 0 bridgehead atoms. The van der Waals surface area contributed by atoms with Crippen LogP contribution in [0.15, 0.2) is 24.3 Å². The first-order valence-electron chi connectivity index (χ1n) is 7.21. The average Bonchev–Trinajstić information content (AvgIpc) is 2.36. The zero-order valence-electron chi connectivity index (χ0n) is 13.1. The molecular weight excluding hydrogens is 268 g/mol. The van der Waals surface area contributed by atoms with E-state index in [1.807, 2.05) is 19.1 Å². The number of aliphatic hydroxyl groups is 1. The molecule has 0 saturated carbocycles. The van der Waals surface area contributed by atoms with Crippen LogP contribution >= 0.6 is 0 Å². The number of rotatable bonds is 9. The summed E-state index contributed by atoms with van der Waals surface area (Å²) in [6.45, 7) is 7.14. The first-order chi connectivity index (χ1) is 9.78. The molecule has 1 rings (SSSR count). The number of benzene rings is 1. The van der Waals surface area contributed by atoms with Crippen molar-refractivity contribution in [2.24, 2.45) is 11.7 Å². The summed E-state index contributed by atoms with van der Waals surface area (Å²) in [5.41, 5.74) is 5.40. The van der Waals surface area contributed by atoms with Gasteiger partial charge < -0.3 is 20.9 Å². The third-order valence-electron chi connectivity index (χ3n) is 2.99. The Kier molecular flexibility index (Phi) is 6.65. The zero-order chi connectivity index (χ0) is 15.9. The van der Waals surface area contributed by atoms with Gasteiger partial charge in [0.25, 0.3) is 5.91 Å². The third kappa shape index (κ3) is 7.68. The predicted molar refractivity (Wildman–Crippen MR) is 82.9 cm³/mol. The van der Waals surface area contributed by atoms with Crippen LogP contribution in [0.5, 0.6) is 5.75 Å². The van der Waals surface area contributed by atoms with Gasteiger partial charge in [0, 0.05) is 13.1 Å². The van der Waals surface area contributed by atoms with Gasteiger partial charge in [0.05, 0.1) is 5.60 Å². The van der Waals surface area contributed by atoms with E-state index < -0.39 is 11.5 Å². The van der Waals surface area contributed by atoms with Crippen molar-refractivity contribution < 1.29 is 14.6 Å². The van der Waals surface area contributed by atoms with E-state index in [9.17, 15) is 9.90 Å². The van der Waals surface area contributed by atoms with E-state index in [2.05, 4.69) is 19.2 Å². The van der Waals surface area contributed by atoms with E-state index in [0.717, 1.165) is 12.0 Å². The second-order valence-electron chi connectivity index (χ2n) is 6.10. The number of amides is 1. The molecule has 0 spiro atoms. The summed E-state index contributed by atoms with van der Waals surface area (Å²) in [5.74, 6) is 0.584. The molecular formula is C16H26N2O3. The smallest absolute Gasteiger partial charge is 0.255 e. The highest BCUT2D eigenvalue weighted by atomic mass is 16.5. The SMILES string of the molecule is CC(C)CC(C)(O)CNCc1ccc(OCC(N)=O)cc1. The van der Waals surface area contributed by atoms with Gasteiger partial charge in [-0.2, -0.15) is 0 Å². The third-order valence-corrected chi connectivity index (χ3v) is 2.99. The number of nitrogens with one attached hydrogen (secondary N) is 1. The van der Waals surface area contributed by atoms with Gasteiger partial charge >= 0.3 is 0 Å². The maximum absolute atomic E-state index is 10.6. The van der Waals surface area contributed by atoms with E-state index in [1.165, 1.54) is 0 Å². The number of primary amides is 1. The second-order valence-corrected chi connectivity index (χ2v) is 6.10. The Bertz CT molecular complexity index is 441. The summed E-state index contributed by atoms with van der Waals surface area (Å²) < 4.78 is 5.19. The van der Waals surface area contributed by atoms with Crippen LogP contribution in [0.3, 0.4) is 0 Å². The molecule has 0 aliphatic carbocycles. The number of nitrogens with two attached hydrogens (primary N) is 1. The van der Waals surface area contributed by atoms with Crippen molar-refractivity contribution >= 4 is 5.91 Å². The lowest BCUT2D eigenvalue weighted by Gasteiger charge is -2.25. The van der Waals surface area contributed by atoms with Crippen LogP contribution in [0.1, 0.15) is 32.8 Å². The van der Waals surface area contributed by atoms with Crippen molar-refractivity contribution in [3.63, 3.8) is 0 Å². The molecule has 1 amide bonds. The van der Waals surface area contributed by atoms with Crippen molar-refractivity contribution in [3.8, 4) is 5.75 Å². The molecule has 0 aromatic heterocycles. The average molecular weight is 294 g/mol. The number of carbonyl (C=O) groups excluding carboxylic acids is 1. The van der Waals surface area contributed by atoms with Gasteiger partial charge in [-0.25, -0.2) is 0 Å². The standard InChI is InChI=1S/C16H26N2O3/c1-12(2)8-16(3,20)11-18-9-13-4-6-14(7-5-13)21-10-15(17)19/h4-7,12,18,20H,8-11H2,1-3H3,(H2,17,19). The fourth-order valence-corrected chi connectivity index (χ4v) is 2.29. The zero-order valence-corrected chi connectivity index (χ0v) is 13.1. The van der Waals surface area contributed by atoms with E-state index in [-0.39, 0.29) is 6.61 Å². The largest absolute Gasteiger partial charge is 0.484 e. The number of hydrogen-bond acceptors (Lipinski definition) is 4. The van der Waals surface area contributed by atoms with Crippen LogP contribution in [0.25, 0.3) is 0 Å². The normalized spacial score (nSPS) is 14.0. The summed E-state index contributed by atoms with van der Waals surface area (Å²) in [5, 5.41) is 13.5. The molecule has 1 atom stereocenters. The van der Waals surface area contributed by atoms with Crippen LogP contribution in [0, 0.1) is 5.92 Å². The highest BCUT2D eigenvalue weighted by Crippen LogP contribution is 2.16. The van der Waals surface area contributed by atoms with E-state index in [1.54, 1.807) is 12.1 Å². The van der Waals surface area contributed by atoms with Crippen LogP contribution in [0.4, 0.5) is 0 Å². The van der Waals surface area contributed by atoms with Crippen LogP contribution < -0.4 is 15.8 Å². The minimum atomic E-state index is -0.696. The first kappa shape index (κ1) is 17.5. The molecule has 0 fully saturated rings. The van der Waals surface area contributed by atoms with Gasteiger partial charge in [-0.3, -0.25) is 4.79 Å². The van der Waals surface area contributed by atoms with Gasteiger partial charge in [-0.15, -0.1) is 0 Å². The molecule has 118 valence electrons. The second kappa shape index (κ2) is 8.00. The lowest BCUT2D eigenvalue weighted by molar-refractivity contribution is -0.119. The predicted octanol–water partition coefficient (Wildman–Crippen LogP) is 1.44. The molecule has 5 heteroatoms. The van der Waals surface area contributed by atoms with Crippen LogP contribution in [-0.4, -0.2) is 29.8 Å². The van der Waals surface area contributed by atoms with Gasteiger partial charge in [-0.05, 0) is 37.0 Å². The van der Waals surface area contributed by atoms with E-state index >= 15 is 0 Å². The Morgan fingerprint density at radius 3 is 2.52 bits per heavy atom. The molecule has 1 unspecified atom stereocenters. The van der Waals surface area contributed by atoms with Crippen LogP contribution in [-0.2, 0) is 11.3 Å². The van der Waals surface area contributed by atoms with Gasteiger partial charge in [0.1, 0.15) is 5.75 Å². The summed E-state index contributed by atoms with van der Waals surface area (Å²) in [6, 6.07) is 7.43. The molecule has 0 saturated heterocycles. The Morgan fingerprint density at radius 2 is 2.00 bits per heavy atom. The Labute approximate surface area is 126 Å². The van der Waals surface area contributed by atoms with Crippen molar-refractivity contribution in [1.82, 2.24) is 5.32 Å². The summed E-state index contributed by atoms with van der Waals surface area (Å²) >= 11 is 0. The lowest BCUT2D eigenvalue weighted by Crippen LogP contribution is -2.38. The Balaban J connectivity index is 2.37. The van der Waals surface area contributed by atoms with E-state index in [4.69, 9.17) is 10.5 Å². The van der Waals surface area contributed by atoms with Gasteiger partial charge in [0.15, 0.2) is 6.61 Å². The van der Waals surface area contributed by atoms with Gasteiger partial charge in [-0.1, -0.05) is 26.0 Å². The van der Waals surface area contributed by atoms with Crippen LogP contribution in [0.2, 0.25) is 0 Å². The molecule has 0 radical (unpaired) electrons. The molecule has 0 heterocycles. The maximum Gasteiger partial charge on any atom is 0.255 e. The molecule has 4 N–H and O–H groups in total. The number of ether oxygens (including phenoxy) is 1. The lowest BCUT2D eigenvalue weighted by atomic mass is 9.94. The molecule has 0 aliphatic heterocycles. The summed E-state index contributed by atoms with van der Waals surface area (Å²) in [6.07, 6.45) is 0.764. The number of carbonyl (C=O) groups is 1. The monoisotopic (exact) mass is 294 g/mol.